The smallest absolute Gasteiger partial charge is 0.255 e. The van der Waals surface area contributed by atoms with Gasteiger partial charge >= 0.3 is 0 Å². The maximum atomic E-state index is 12.9. The number of nitrogens with zero attached hydrogens (tertiary/aromatic N) is 1. The van der Waals surface area contributed by atoms with Gasteiger partial charge in [-0.3, -0.25) is 9.59 Å². The van der Waals surface area contributed by atoms with Crippen molar-refractivity contribution in [3.05, 3.63) is 57.8 Å². The van der Waals surface area contributed by atoms with Crippen LogP contribution in [-0.2, 0) is 11.3 Å². The van der Waals surface area contributed by atoms with Crippen LogP contribution in [0.2, 0.25) is 0 Å². The molecule has 1 atom stereocenters. The van der Waals surface area contributed by atoms with E-state index in [1.165, 1.54) is 19.3 Å². The summed E-state index contributed by atoms with van der Waals surface area (Å²) in [4.78, 5) is 28.5. The molecule has 0 radical (unpaired) electrons. The van der Waals surface area contributed by atoms with E-state index in [4.69, 9.17) is 0 Å². The molecular weight excluding hydrogens is 344 g/mol. The Balaban J connectivity index is 1.51. The first kappa shape index (κ1) is 17.3. The van der Waals surface area contributed by atoms with Gasteiger partial charge in [0, 0.05) is 23.0 Å². The molecule has 0 unspecified atom stereocenters. The second-order valence-corrected chi connectivity index (χ2v) is 8.21. The van der Waals surface area contributed by atoms with Crippen LogP contribution in [0.25, 0.3) is 0 Å². The topological polar surface area (TPSA) is 49.4 Å². The Labute approximate surface area is 158 Å². The van der Waals surface area contributed by atoms with Gasteiger partial charge < -0.3 is 10.2 Å². The van der Waals surface area contributed by atoms with Crippen LogP contribution in [-0.4, -0.2) is 22.8 Å². The van der Waals surface area contributed by atoms with Crippen molar-refractivity contribution in [3.8, 4) is 0 Å². The van der Waals surface area contributed by atoms with E-state index in [1.807, 2.05) is 46.7 Å². The zero-order valence-corrected chi connectivity index (χ0v) is 15.6. The lowest BCUT2D eigenvalue weighted by molar-refractivity contribution is -0.123. The first-order valence-electron chi connectivity index (χ1n) is 9.44. The largest absolute Gasteiger partial charge is 0.353 e. The van der Waals surface area contributed by atoms with Crippen molar-refractivity contribution in [1.82, 2.24) is 10.2 Å². The second kappa shape index (κ2) is 7.62. The van der Waals surface area contributed by atoms with Crippen LogP contribution in [0.15, 0.2) is 41.8 Å². The predicted octanol–water partition coefficient (Wildman–Crippen LogP) is 4.28. The molecule has 2 aromatic rings. The molecular formula is C21H24N2O2S. The molecule has 0 spiro atoms. The minimum atomic E-state index is -0.196. The fraction of sp³-hybridized carbons (Fsp3) is 0.429. The third-order valence-corrected chi connectivity index (χ3v) is 6.42. The van der Waals surface area contributed by atoms with Crippen molar-refractivity contribution >= 4 is 23.2 Å². The molecule has 2 amide bonds. The molecule has 0 saturated heterocycles. The van der Waals surface area contributed by atoms with Gasteiger partial charge in [0.15, 0.2) is 0 Å². The van der Waals surface area contributed by atoms with Gasteiger partial charge in [0.05, 0.1) is 12.5 Å². The number of carbonyl (C=O) groups excluding carboxylic acids is 2. The fourth-order valence-electron chi connectivity index (χ4n) is 4.08. The van der Waals surface area contributed by atoms with Crippen LogP contribution in [0.5, 0.6) is 0 Å². The van der Waals surface area contributed by atoms with E-state index in [1.54, 1.807) is 11.3 Å². The molecule has 2 heterocycles. The Morgan fingerprint density at radius 2 is 1.96 bits per heavy atom. The van der Waals surface area contributed by atoms with Gasteiger partial charge in [0.25, 0.3) is 5.91 Å². The van der Waals surface area contributed by atoms with Crippen molar-refractivity contribution in [2.45, 2.75) is 57.2 Å². The summed E-state index contributed by atoms with van der Waals surface area (Å²) >= 11 is 1.61. The number of carbonyl (C=O) groups is 2. The summed E-state index contributed by atoms with van der Waals surface area (Å²) in [5.74, 6) is 0.0866. The third-order valence-electron chi connectivity index (χ3n) is 5.45. The molecule has 1 N–H and O–H groups in total. The molecule has 0 bridgehead atoms. The lowest BCUT2D eigenvalue weighted by Gasteiger charge is -2.28. The molecule has 2 aliphatic rings. The van der Waals surface area contributed by atoms with Crippen molar-refractivity contribution in [1.29, 1.82) is 0 Å². The number of nitrogens with one attached hydrogen (secondary N) is 1. The lowest BCUT2D eigenvalue weighted by atomic mass is 9.95. The number of hydrogen-bond donors (Lipinski definition) is 1. The van der Waals surface area contributed by atoms with E-state index in [0.717, 1.165) is 28.8 Å². The van der Waals surface area contributed by atoms with Crippen molar-refractivity contribution in [2.75, 3.05) is 0 Å². The Hall–Kier alpha value is -2.14. The number of hydrogen-bond acceptors (Lipinski definition) is 3. The zero-order chi connectivity index (χ0) is 17.9. The second-order valence-electron chi connectivity index (χ2n) is 7.23. The van der Waals surface area contributed by atoms with E-state index in [0.29, 0.717) is 19.0 Å². The Kier molecular flexibility index (Phi) is 5.07. The SMILES string of the molecule is O=C(C[C@@H](c1cccs1)N1Cc2ccccc2C1=O)NC1CCCCC1. The van der Waals surface area contributed by atoms with Gasteiger partial charge in [-0.25, -0.2) is 0 Å². The number of amides is 2. The monoisotopic (exact) mass is 368 g/mol. The number of rotatable bonds is 5. The standard InChI is InChI=1S/C21H24N2O2S/c24-20(22-16-8-2-1-3-9-16)13-18(19-11-6-12-26-19)23-14-15-7-4-5-10-17(15)21(23)25/h4-7,10-12,16,18H,1-3,8-9,13-14H2,(H,22,24)/t18-/m0/s1. The van der Waals surface area contributed by atoms with Crippen LogP contribution < -0.4 is 5.32 Å². The van der Waals surface area contributed by atoms with Gasteiger partial charge in [-0.05, 0) is 35.9 Å². The van der Waals surface area contributed by atoms with Gasteiger partial charge in [-0.2, -0.15) is 0 Å². The summed E-state index contributed by atoms with van der Waals surface area (Å²) < 4.78 is 0. The van der Waals surface area contributed by atoms with Gasteiger partial charge in [0.2, 0.25) is 5.91 Å². The van der Waals surface area contributed by atoms with Gasteiger partial charge in [-0.1, -0.05) is 43.5 Å². The van der Waals surface area contributed by atoms with Crippen LogP contribution in [0.1, 0.15) is 65.4 Å². The lowest BCUT2D eigenvalue weighted by Crippen LogP contribution is -2.39. The highest BCUT2D eigenvalue weighted by Crippen LogP contribution is 2.35. The van der Waals surface area contributed by atoms with Gasteiger partial charge in [0.1, 0.15) is 0 Å². The van der Waals surface area contributed by atoms with E-state index in [9.17, 15) is 9.59 Å². The van der Waals surface area contributed by atoms with E-state index >= 15 is 0 Å². The normalized spacial score (nSPS) is 18.6. The van der Waals surface area contributed by atoms with Gasteiger partial charge in [-0.15, -0.1) is 11.3 Å². The van der Waals surface area contributed by atoms with Crippen molar-refractivity contribution < 1.29 is 9.59 Å². The fourth-order valence-corrected chi connectivity index (χ4v) is 4.92. The molecule has 1 aromatic heterocycles. The van der Waals surface area contributed by atoms with E-state index in [-0.39, 0.29) is 17.9 Å². The summed E-state index contributed by atoms with van der Waals surface area (Å²) in [6.45, 7) is 0.578. The van der Waals surface area contributed by atoms with Crippen LogP contribution in [0, 0.1) is 0 Å². The Morgan fingerprint density at radius 1 is 1.15 bits per heavy atom. The minimum Gasteiger partial charge on any atom is -0.353 e. The summed E-state index contributed by atoms with van der Waals surface area (Å²) in [5, 5.41) is 5.21. The molecule has 1 aliphatic heterocycles. The molecule has 5 heteroatoms. The summed E-state index contributed by atoms with van der Waals surface area (Å²) in [5.41, 5.74) is 1.81. The van der Waals surface area contributed by atoms with Crippen molar-refractivity contribution in [2.24, 2.45) is 0 Å². The average Bonchev–Trinajstić information content (AvgIpc) is 3.30. The molecule has 4 rings (SSSR count). The number of thiophene rings is 1. The van der Waals surface area contributed by atoms with Crippen molar-refractivity contribution in [3.63, 3.8) is 0 Å². The first-order chi connectivity index (χ1) is 12.7. The van der Waals surface area contributed by atoms with Crippen LogP contribution in [0.3, 0.4) is 0 Å². The maximum absolute atomic E-state index is 12.9. The summed E-state index contributed by atoms with van der Waals surface area (Å²) in [6, 6.07) is 11.9. The average molecular weight is 369 g/mol. The zero-order valence-electron chi connectivity index (χ0n) is 14.8. The summed E-state index contributed by atoms with van der Waals surface area (Å²) in [6.07, 6.45) is 6.13. The minimum absolute atomic E-state index is 0.0319. The van der Waals surface area contributed by atoms with E-state index < -0.39 is 0 Å². The molecule has 136 valence electrons. The number of benzene rings is 1. The molecule has 1 saturated carbocycles. The van der Waals surface area contributed by atoms with Crippen LogP contribution >= 0.6 is 11.3 Å². The predicted molar refractivity (Wildman–Crippen MR) is 103 cm³/mol. The van der Waals surface area contributed by atoms with E-state index in [2.05, 4.69) is 5.32 Å². The molecule has 26 heavy (non-hydrogen) atoms. The quantitative estimate of drug-likeness (QED) is 0.856. The third kappa shape index (κ3) is 3.54. The highest BCUT2D eigenvalue weighted by atomic mass is 32.1. The Bertz CT molecular complexity index is 781. The van der Waals surface area contributed by atoms with Crippen LogP contribution in [0.4, 0.5) is 0 Å². The maximum Gasteiger partial charge on any atom is 0.255 e. The highest BCUT2D eigenvalue weighted by Gasteiger charge is 2.35. The highest BCUT2D eigenvalue weighted by molar-refractivity contribution is 7.10. The molecule has 4 nitrogen and oxygen atoms in total. The molecule has 1 aromatic carbocycles. The Morgan fingerprint density at radius 3 is 2.69 bits per heavy atom. The molecule has 1 fully saturated rings. The number of fused-ring (bicyclic) bond motifs is 1. The molecule has 1 aliphatic carbocycles. The first-order valence-corrected chi connectivity index (χ1v) is 10.3. The summed E-state index contributed by atoms with van der Waals surface area (Å²) in [7, 11) is 0.